The molecule has 0 fully saturated rings. The van der Waals surface area contributed by atoms with Gasteiger partial charge in [0.25, 0.3) is 0 Å². The van der Waals surface area contributed by atoms with Gasteiger partial charge in [0.15, 0.2) is 11.5 Å². The fourth-order valence-electron chi connectivity index (χ4n) is 1.94. The molecular formula is C13H12ClN5. The zero-order valence-electron chi connectivity index (χ0n) is 10.0. The van der Waals surface area contributed by atoms with E-state index in [1.807, 2.05) is 30.3 Å². The summed E-state index contributed by atoms with van der Waals surface area (Å²) in [5, 5.41) is 3.32. The molecule has 19 heavy (non-hydrogen) atoms. The Morgan fingerprint density at radius 1 is 1.16 bits per heavy atom. The lowest BCUT2D eigenvalue weighted by molar-refractivity contribution is 0.883. The first-order valence-corrected chi connectivity index (χ1v) is 6.43. The molecule has 2 aromatic heterocycles. The van der Waals surface area contributed by atoms with Crippen molar-refractivity contribution < 1.29 is 0 Å². The van der Waals surface area contributed by atoms with Crippen LogP contribution >= 0.6 is 11.6 Å². The maximum atomic E-state index is 6.05. The zero-order chi connectivity index (χ0) is 13.1. The number of nitrogens with one attached hydrogen (secondary N) is 2. The van der Waals surface area contributed by atoms with Crippen LogP contribution in [-0.4, -0.2) is 25.8 Å². The number of H-pyrrole nitrogens is 1. The number of nitrogens with zero attached hydrogens (tertiary/aromatic N) is 3. The van der Waals surface area contributed by atoms with Crippen LogP contribution in [0.2, 0.25) is 0 Å². The molecule has 1 aromatic carbocycles. The van der Waals surface area contributed by atoms with Crippen molar-refractivity contribution in [3.8, 4) is 0 Å². The number of halogens is 1. The summed E-state index contributed by atoms with van der Waals surface area (Å²) >= 11 is 6.05. The number of aromatic amines is 1. The number of benzene rings is 1. The van der Waals surface area contributed by atoms with Gasteiger partial charge < -0.3 is 10.3 Å². The van der Waals surface area contributed by atoms with Gasteiger partial charge in [-0.2, -0.15) is 0 Å². The molecule has 96 valence electrons. The van der Waals surface area contributed by atoms with Crippen LogP contribution in [-0.2, 0) is 0 Å². The number of hydrogen-bond donors (Lipinski definition) is 2. The average Bonchev–Trinajstić information content (AvgIpc) is 2.95. The van der Waals surface area contributed by atoms with Gasteiger partial charge in [-0.3, -0.25) is 0 Å². The van der Waals surface area contributed by atoms with E-state index in [0.29, 0.717) is 17.3 Å². The van der Waals surface area contributed by atoms with Gasteiger partial charge >= 0.3 is 0 Å². The first-order valence-electron chi connectivity index (χ1n) is 5.90. The third kappa shape index (κ3) is 2.37. The van der Waals surface area contributed by atoms with Crippen LogP contribution < -0.4 is 5.32 Å². The van der Waals surface area contributed by atoms with Gasteiger partial charge in [-0.15, -0.1) is 11.6 Å². The van der Waals surface area contributed by atoms with E-state index < -0.39 is 0 Å². The van der Waals surface area contributed by atoms with Crippen LogP contribution in [0.5, 0.6) is 0 Å². The molecule has 5 nitrogen and oxygen atoms in total. The predicted molar refractivity (Wildman–Crippen MR) is 75.2 cm³/mol. The number of alkyl halides is 1. The molecule has 3 aromatic rings. The van der Waals surface area contributed by atoms with E-state index in [2.05, 4.69) is 25.3 Å². The molecule has 1 unspecified atom stereocenters. The number of aromatic nitrogens is 4. The van der Waals surface area contributed by atoms with Crippen molar-refractivity contribution in [2.45, 2.75) is 6.04 Å². The summed E-state index contributed by atoms with van der Waals surface area (Å²) in [5.74, 6) is 1.15. The molecule has 0 aliphatic carbocycles. The molecular weight excluding hydrogens is 262 g/mol. The van der Waals surface area contributed by atoms with Crippen molar-refractivity contribution in [3.63, 3.8) is 0 Å². The van der Waals surface area contributed by atoms with Crippen molar-refractivity contribution in [1.82, 2.24) is 19.9 Å². The van der Waals surface area contributed by atoms with Gasteiger partial charge in [-0.1, -0.05) is 30.3 Å². The second kappa shape index (κ2) is 5.24. The highest BCUT2D eigenvalue weighted by molar-refractivity contribution is 6.18. The summed E-state index contributed by atoms with van der Waals surface area (Å²) in [7, 11) is 0. The van der Waals surface area contributed by atoms with E-state index >= 15 is 0 Å². The maximum Gasteiger partial charge on any atom is 0.182 e. The Morgan fingerprint density at radius 2 is 2.00 bits per heavy atom. The average molecular weight is 274 g/mol. The van der Waals surface area contributed by atoms with Crippen LogP contribution in [0.1, 0.15) is 11.6 Å². The summed E-state index contributed by atoms with van der Waals surface area (Å²) in [5.41, 5.74) is 2.54. The van der Waals surface area contributed by atoms with Crippen LogP contribution in [0.25, 0.3) is 11.2 Å². The van der Waals surface area contributed by atoms with Gasteiger partial charge in [-0.25, -0.2) is 15.0 Å². The molecule has 2 N–H and O–H groups in total. The second-order valence-electron chi connectivity index (χ2n) is 4.09. The van der Waals surface area contributed by atoms with E-state index in [1.54, 1.807) is 6.33 Å². The highest BCUT2D eigenvalue weighted by Crippen LogP contribution is 2.22. The molecule has 0 aliphatic heterocycles. The quantitative estimate of drug-likeness (QED) is 0.718. The van der Waals surface area contributed by atoms with Crippen molar-refractivity contribution in [2.24, 2.45) is 0 Å². The number of hydrogen-bond acceptors (Lipinski definition) is 4. The van der Waals surface area contributed by atoms with Crippen molar-refractivity contribution >= 4 is 28.6 Å². The molecule has 0 spiro atoms. The molecule has 0 bridgehead atoms. The third-order valence-corrected chi connectivity index (χ3v) is 3.20. The fraction of sp³-hybridized carbons (Fsp3) is 0.154. The lowest BCUT2D eigenvalue weighted by atomic mass is 10.1. The Bertz CT molecular complexity index is 667. The number of rotatable bonds is 4. The Morgan fingerprint density at radius 3 is 2.79 bits per heavy atom. The van der Waals surface area contributed by atoms with Gasteiger partial charge in [0.2, 0.25) is 0 Å². The Labute approximate surface area is 115 Å². The monoisotopic (exact) mass is 273 g/mol. The molecule has 0 radical (unpaired) electrons. The van der Waals surface area contributed by atoms with Crippen LogP contribution in [0, 0.1) is 0 Å². The number of fused-ring (bicyclic) bond motifs is 1. The van der Waals surface area contributed by atoms with Gasteiger partial charge in [0.1, 0.15) is 11.8 Å². The molecule has 6 heteroatoms. The zero-order valence-corrected chi connectivity index (χ0v) is 10.8. The molecule has 3 rings (SSSR count). The summed E-state index contributed by atoms with van der Waals surface area (Å²) < 4.78 is 0. The van der Waals surface area contributed by atoms with E-state index in [1.165, 1.54) is 6.33 Å². The van der Waals surface area contributed by atoms with E-state index in [0.717, 1.165) is 11.1 Å². The maximum absolute atomic E-state index is 6.05. The Hall–Kier alpha value is -2.14. The van der Waals surface area contributed by atoms with Crippen molar-refractivity contribution in [2.75, 3.05) is 11.2 Å². The first-order chi connectivity index (χ1) is 9.38. The normalized spacial score (nSPS) is 12.5. The minimum absolute atomic E-state index is 0.00994. The lowest BCUT2D eigenvalue weighted by Crippen LogP contribution is -2.13. The predicted octanol–water partition coefficient (Wildman–Crippen LogP) is 2.74. The van der Waals surface area contributed by atoms with Crippen LogP contribution in [0.4, 0.5) is 5.82 Å². The highest BCUT2D eigenvalue weighted by Gasteiger charge is 2.13. The summed E-state index contributed by atoms with van der Waals surface area (Å²) in [6.45, 7) is 0. The fourth-order valence-corrected chi connectivity index (χ4v) is 2.19. The smallest absolute Gasteiger partial charge is 0.182 e. The third-order valence-electron chi connectivity index (χ3n) is 2.89. The molecule has 2 heterocycles. The summed E-state index contributed by atoms with van der Waals surface area (Å²) in [6, 6.07) is 10.0. The summed E-state index contributed by atoms with van der Waals surface area (Å²) in [6.07, 6.45) is 3.09. The van der Waals surface area contributed by atoms with E-state index in [4.69, 9.17) is 11.6 Å². The summed E-state index contributed by atoms with van der Waals surface area (Å²) in [4.78, 5) is 15.5. The topological polar surface area (TPSA) is 66.5 Å². The second-order valence-corrected chi connectivity index (χ2v) is 4.39. The van der Waals surface area contributed by atoms with E-state index in [-0.39, 0.29) is 6.04 Å². The molecule has 0 aliphatic rings. The van der Waals surface area contributed by atoms with Crippen LogP contribution in [0.3, 0.4) is 0 Å². The minimum Gasteiger partial charge on any atom is -0.360 e. The number of anilines is 1. The lowest BCUT2D eigenvalue weighted by Gasteiger charge is -2.17. The SMILES string of the molecule is ClCC(Nc1ncnc2nc[nH]c12)c1ccccc1. The molecule has 0 saturated heterocycles. The molecule has 1 atom stereocenters. The molecule has 0 amide bonds. The van der Waals surface area contributed by atoms with Crippen molar-refractivity contribution in [3.05, 3.63) is 48.5 Å². The van der Waals surface area contributed by atoms with E-state index in [9.17, 15) is 0 Å². The minimum atomic E-state index is -0.00994. The molecule has 0 saturated carbocycles. The highest BCUT2D eigenvalue weighted by atomic mass is 35.5. The first kappa shape index (κ1) is 11.9. The van der Waals surface area contributed by atoms with Gasteiger partial charge in [-0.05, 0) is 5.56 Å². The standard InChI is InChI=1S/C13H12ClN5/c14-6-10(9-4-2-1-3-5-9)19-13-11-12(16-7-15-11)17-8-18-13/h1-5,7-8,10H,6H2,(H2,15,16,17,18,19). The Kier molecular flexibility index (Phi) is 3.29. The van der Waals surface area contributed by atoms with Crippen molar-refractivity contribution in [1.29, 1.82) is 0 Å². The van der Waals surface area contributed by atoms with Gasteiger partial charge in [0.05, 0.1) is 12.4 Å². The van der Waals surface area contributed by atoms with Crippen LogP contribution in [0.15, 0.2) is 43.0 Å². The van der Waals surface area contributed by atoms with Gasteiger partial charge in [0, 0.05) is 5.88 Å². The number of imidazole rings is 1. The largest absolute Gasteiger partial charge is 0.360 e. The Balaban J connectivity index is 1.93.